The van der Waals surface area contributed by atoms with E-state index in [0.717, 1.165) is 12.1 Å². The highest BCUT2D eigenvalue weighted by molar-refractivity contribution is 5.92. The molecule has 1 amide bonds. The van der Waals surface area contributed by atoms with Crippen molar-refractivity contribution in [2.75, 3.05) is 13.2 Å². The van der Waals surface area contributed by atoms with Gasteiger partial charge in [-0.05, 0) is 24.5 Å². The van der Waals surface area contributed by atoms with E-state index >= 15 is 0 Å². The lowest BCUT2D eigenvalue weighted by molar-refractivity contribution is -0.144. The number of carboxylic acid groups (broad SMARTS) is 1. The summed E-state index contributed by atoms with van der Waals surface area (Å²) in [5.41, 5.74) is -1.75. The van der Waals surface area contributed by atoms with E-state index in [1.54, 1.807) is 0 Å². The van der Waals surface area contributed by atoms with Gasteiger partial charge < -0.3 is 15.2 Å². The third-order valence-electron chi connectivity index (χ3n) is 4.76. The van der Waals surface area contributed by atoms with Crippen LogP contribution in [0.3, 0.4) is 0 Å². The van der Waals surface area contributed by atoms with Crippen LogP contribution in [-0.4, -0.2) is 36.2 Å². The molecule has 148 valence electrons. The van der Waals surface area contributed by atoms with Crippen molar-refractivity contribution in [1.29, 1.82) is 0 Å². The summed E-state index contributed by atoms with van der Waals surface area (Å²) in [4.78, 5) is 24.3. The first-order valence-corrected chi connectivity index (χ1v) is 8.61. The molecule has 27 heavy (non-hydrogen) atoms. The number of rotatable bonds is 8. The van der Waals surface area contributed by atoms with Crippen LogP contribution in [0.25, 0.3) is 0 Å². The molecule has 0 aliphatic heterocycles. The molecule has 0 aromatic heterocycles. The molecule has 1 aromatic rings. The van der Waals surface area contributed by atoms with Crippen LogP contribution in [0, 0.1) is 0 Å². The molecule has 1 fully saturated rings. The second kappa shape index (κ2) is 8.56. The van der Waals surface area contributed by atoms with E-state index < -0.39 is 35.1 Å². The van der Waals surface area contributed by atoms with E-state index in [4.69, 9.17) is 4.74 Å². The van der Waals surface area contributed by atoms with Crippen molar-refractivity contribution in [3.63, 3.8) is 0 Å². The Balaban J connectivity index is 2.28. The molecule has 1 atom stereocenters. The first kappa shape index (κ1) is 21.0. The number of nitrogens with one attached hydrogen (secondary N) is 1. The average Bonchev–Trinajstić information content (AvgIpc) is 3.11. The Morgan fingerprint density at radius 2 is 2.00 bits per heavy atom. The predicted molar refractivity (Wildman–Crippen MR) is 92.2 cm³/mol. The number of hydrogen-bond donors (Lipinski definition) is 2. The minimum atomic E-state index is -4.52. The van der Waals surface area contributed by atoms with E-state index in [0.29, 0.717) is 25.7 Å². The molecule has 1 aromatic carbocycles. The van der Waals surface area contributed by atoms with Crippen LogP contribution in [0.15, 0.2) is 36.9 Å². The molecule has 0 spiro atoms. The van der Waals surface area contributed by atoms with Crippen LogP contribution in [-0.2, 0) is 25.9 Å². The maximum Gasteiger partial charge on any atom is 0.416 e. The van der Waals surface area contributed by atoms with Crippen LogP contribution in [0.2, 0.25) is 0 Å². The van der Waals surface area contributed by atoms with Gasteiger partial charge in [-0.15, -0.1) is 6.58 Å². The number of ether oxygens (including phenoxy) is 1. The lowest BCUT2D eigenvalue weighted by atomic mass is 9.77. The number of carbonyl (C=O) groups is 2. The van der Waals surface area contributed by atoms with Crippen molar-refractivity contribution < 1.29 is 32.6 Å². The van der Waals surface area contributed by atoms with Crippen molar-refractivity contribution in [1.82, 2.24) is 5.32 Å². The fourth-order valence-corrected chi connectivity index (χ4v) is 3.36. The Morgan fingerprint density at radius 3 is 2.56 bits per heavy atom. The highest BCUT2D eigenvalue weighted by Gasteiger charge is 2.45. The van der Waals surface area contributed by atoms with Crippen LogP contribution < -0.4 is 5.32 Å². The maximum absolute atomic E-state index is 13.1. The van der Waals surface area contributed by atoms with E-state index in [1.807, 2.05) is 0 Å². The summed E-state index contributed by atoms with van der Waals surface area (Å²) in [7, 11) is 0. The molecule has 0 saturated heterocycles. The maximum atomic E-state index is 13.1. The summed E-state index contributed by atoms with van der Waals surface area (Å²) in [5.74, 6) is -1.86. The van der Waals surface area contributed by atoms with Gasteiger partial charge in [0.1, 0.15) is 0 Å². The third kappa shape index (κ3) is 4.88. The molecule has 0 heterocycles. The van der Waals surface area contributed by atoms with Gasteiger partial charge in [0, 0.05) is 0 Å². The number of carboxylic acids is 1. The molecule has 1 aliphatic carbocycles. The molecule has 1 unspecified atom stereocenters. The van der Waals surface area contributed by atoms with Crippen molar-refractivity contribution in [3.8, 4) is 0 Å². The van der Waals surface area contributed by atoms with Gasteiger partial charge >= 0.3 is 12.1 Å². The van der Waals surface area contributed by atoms with Crippen molar-refractivity contribution in [2.45, 2.75) is 43.3 Å². The van der Waals surface area contributed by atoms with Gasteiger partial charge in [-0.1, -0.05) is 37.1 Å². The first-order chi connectivity index (χ1) is 12.7. The zero-order valence-electron chi connectivity index (χ0n) is 14.7. The highest BCUT2D eigenvalue weighted by Crippen LogP contribution is 2.43. The zero-order chi connectivity index (χ0) is 20.1. The summed E-state index contributed by atoms with van der Waals surface area (Å²) < 4.78 is 44.3. The molecular weight excluding hydrogens is 363 g/mol. The largest absolute Gasteiger partial charge is 0.480 e. The SMILES string of the molecule is C=CCOCC(NC(=O)C1(c2cccc(C(F)(F)F)c2)CCCC1)C(=O)O. The smallest absolute Gasteiger partial charge is 0.416 e. The quantitative estimate of drug-likeness (QED) is 0.532. The van der Waals surface area contributed by atoms with Gasteiger partial charge in [0.25, 0.3) is 0 Å². The van der Waals surface area contributed by atoms with Crippen LogP contribution in [0.5, 0.6) is 0 Å². The Labute approximate surface area is 155 Å². The lowest BCUT2D eigenvalue weighted by Crippen LogP contribution is -2.51. The number of alkyl halides is 3. The molecular formula is C19H22F3NO4. The first-order valence-electron chi connectivity index (χ1n) is 8.61. The summed E-state index contributed by atoms with van der Waals surface area (Å²) in [6, 6.07) is 3.40. The number of carbonyl (C=O) groups excluding carboxylic acids is 1. The standard InChI is InChI=1S/C19H22F3NO4/c1-2-10-27-12-15(16(24)25)23-17(26)18(8-3-4-9-18)13-6-5-7-14(11-13)19(20,21)22/h2,5-7,11,15H,1,3-4,8-10,12H2,(H,23,26)(H,24,25). The van der Waals surface area contributed by atoms with E-state index in [1.165, 1.54) is 18.2 Å². The Hall–Kier alpha value is -2.35. The molecule has 2 rings (SSSR count). The van der Waals surface area contributed by atoms with Gasteiger partial charge in [0.2, 0.25) is 5.91 Å². The number of benzene rings is 1. The van der Waals surface area contributed by atoms with Crippen LogP contribution >= 0.6 is 0 Å². The molecule has 0 radical (unpaired) electrons. The number of hydrogen-bond acceptors (Lipinski definition) is 3. The van der Waals surface area contributed by atoms with Gasteiger partial charge in [-0.25, -0.2) is 4.79 Å². The van der Waals surface area contributed by atoms with E-state index in [9.17, 15) is 27.9 Å². The van der Waals surface area contributed by atoms with E-state index in [2.05, 4.69) is 11.9 Å². The minimum absolute atomic E-state index is 0.123. The average molecular weight is 385 g/mol. The summed E-state index contributed by atoms with van der Waals surface area (Å²) in [6.45, 7) is 3.32. The van der Waals surface area contributed by atoms with Crippen LogP contribution in [0.4, 0.5) is 13.2 Å². The monoisotopic (exact) mass is 385 g/mol. The molecule has 8 heteroatoms. The summed E-state index contributed by atoms with van der Waals surface area (Å²) >= 11 is 0. The normalized spacial score (nSPS) is 17.3. The Bertz CT molecular complexity index is 696. The fourth-order valence-electron chi connectivity index (χ4n) is 3.36. The minimum Gasteiger partial charge on any atom is -0.480 e. The molecule has 5 nitrogen and oxygen atoms in total. The molecule has 2 N–H and O–H groups in total. The predicted octanol–water partition coefficient (Wildman–Crippen LogP) is 3.29. The number of halogens is 3. The van der Waals surface area contributed by atoms with E-state index in [-0.39, 0.29) is 18.8 Å². The number of aliphatic carboxylic acids is 1. The Kier molecular flexibility index (Phi) is 6.64. The second-order valence-corrected chi connectivity index (χ2v) is 6.56. The second-order valence-electron chi connectivity index (χ2n) is 6.56. The van der Waals surface area contributed by atoms with Crippen molar-refractivity contribution in [3.05, 3.63) is 48.0 Å². The van der Waals surface area contributed by atoms with Crippen molar-refractivity contribution >= 4 is 11.9 Å². The molecule has 1 aliphatic rings. The zero-order valence-corrected chi connectivity index (χ0v) is 14.7. The molecule has 1 saturated carbocycles. The van der Waals surface area contributed by atoms with Crippen LogP contribution in [0.1, 0.15) is 36.8 Å². The van der Waals surface area contributed by atoms with Gasteiger partial charge in [-0.3, -0.25) is 4.79 Å². The molecule has 0 bridgehead atoms. The van der Waals surface area contributed by atoms with Gasteiger partial charge in [-0.2, -0.15) is 13.2 Å². The van der Waals surface area contributed by atoms with Crippen molar-refractivity contribution in [2.24, 2.45) is 0 Å². The Morgan fingerprint density at radius 1 is 1.33 bits per heavy atom. The highest BCUT2D eigenvalue weighted by atomic mass is 19.4. The number of amides is 1. The fraction of sp³-hybridized carbons (Fsp3) is 0.474. The van der Waals surface area contributed by atoms with Gasteiger partial charge in [0.05, 0.1) is 24.2 Å². The lowest BCUT2D eigenvalue weighted by Gasteiger charge is -2.30. The summed E-state index contributed by atoms with van der Waals surface area (Å²) in [6.07, 6.45) is -1.00. The topological polar surface area (TPSA) is 75.6 Å². The third-order valence-corrected chi connectivity index (χ3v) is 4.76. The summed E-state index contributed by atoms with van der Waals surface area (Å²) in [5, 5.41) is 11.7. The van der Waals surface area contributed by atoms with Gasteiger partial charge in [0.15, 0.2) is 6.04 Å².